The molecule has 0 bridgehead atoms. The van der Waals surface area contributed by atoms with Crippen LogP contribution in [0, 0.1) is 5.82 Å². The Morgan fingerprint density at radius 1 is 0.971 bits per heavy atom. The summed E-state index contributed by atoms with van der Waals surface area (Å²) in [6, 6.07) is 19.3. The zero-order chi connectivity index (χ0) is 24.9. The number of fused-ring (bicyclic) bond motifs is 3. The highest BCUT2D eigenvalue weighted by molar-refractivity contribution is 5.96. The number of carbonyl (C=O) groups excluding carboxylic acids is 2. The number of hydrogen-bond donors (Lipinski definition) is 4. The Balaban J connectivity index is 1.38. The molecule has 0 aliphatic heterocycles. The van der Waals surface area contributed by atoms with Crippen LogP contribution in [0.5, 0.6) is 0 Å². The maximum absolute atomic E-state index is 14.2. The van der Waals surface area contributed by atoms with Crippen LogP contribution in [0.1, 0.15) is 33.8 Å². The number of carboxylic acids is 1. The maximum atomic E-state index is 14.2. The van der Waals surface area contributed by atoms with E-state index in [0.29, 0.717) is 0 Å². The van der Waals surface area contributed by atoms with Crippen molar-refractivity contribution >= 4 is 23.7 Å². The molecule has 0 fully saturated rings. The summed E-state index contributed by atoms with van der Waals surface area (Å²) < 4.78 is 19.6. The van der Waals surface area contributed by atoms with Gasteiger partial charge < -0.3 is 20.3 Å². The molecule has 2 amide bonds. The second kappa shape index (κ2) is 10.4. The Kier molecular flexibility index (Phi) is 7.07. The molecule has 8 nitrogen and oxygen atoms in total. The van der Waals surface area contributed by atoms with E-state index in [-0.39, 0.29) is 36.7 Å². The molecule has 0 aromatic heterocycles. The number of benzene rings is 3. The van der Waals surface area contributed by atoms with Crippen molar-refractivity contribution in [1.82, 2.24) is 5.32 Å². The van der Waals surface area contributed by atoms with Gasteiger partial charge in [-0.05, 0) is 40.5 Å². The van der Waals surface area contributed by atoms with Crippen molar-refractivity contribution in [2.24, 2.45) is 0 Å². The number of carbonyl (C=O) groups is 3. The number of carboxylic acid groups (broad SMARTS) is 1. The molecule has 0 saturated heterocycles. The zero-order valence-corrected chi connectivity index (χ0v) is 18.5. The summed E-state index contributed by atoms with van der Waals surface area (Å²) in [6.45, 7) is -0.0733. The number of ether oxygens (including phenoxy) is 1. The fourth-order valence-corrected chi connectivity index (χ4v) is 4.07. The average molecular weight is 478 g/mol. The van der Waals surface area contributed by atoms with Gasteiger partial charge in [-0.3, -0.25) is 10.1 Å². The second-order valence-electron chi connectivity index (χ2n) is 8.04. The summed E-state index contributed by atoms with van der Waals surface area (Å²) in [5.41, 5.74) is 4.14. The van der Waals surface area contributed by atoms with Gasteiger partial charge in [0.2, 0.25) is 0 Å². The number of hydrogen-bond acceptors (Lipinski definition) is 5. The third kappa shape index (κ3) is 5.30. The first-order valence-corrected chi connectivity index (χ1v) is 11.0. The van der Waals surface area contributed by atoms with Gasteiger partial charge in [0.25, 0.3) is 5.91 Å². The minimum atomic E-state index is -1.64. The molecule has 1 atom stereocenters. The lowest BCUT2D eigenvalue weighted by Crippen LogP contribution is -2.30. The van der Waals surface area contributed by atoms with Crippen LogP contribution < -0.4 is 10.6 Å². The van der Waals surface area contributed by atoms with Crippen molar-refractivity contribution in [3.05, 3.63) is 89.2 Å². The average Bonchev–Trinajstić information content (AvgIpc) is 3.17. The lowest BCUT2D eigenvalue weighted by atomic mass is 9.98. The van der Waals surface area contributed by atoms with Gasteiger partial charge in [0, 0.05) is 24.6 Å². The molecule has 180 valence electrons. The van der Waals surface area contributed by atoms with Crippen LogP contribution in [0.15, 0.2) is 66.7 Å². The van der Waals surface area contributed by atoms with E-state index < -0.39 is 29.9 Å². The molecule has 0 spiro atoms. The van der Waals surface area contributed by atoms with Crippen LogP contribution in [-0.2, 0) is 9.53 Å². The molecule has 1 aliphatic rings. The predicted octanol–water partition coefficient (Wildman–Crippen LogP) is 3.75. The summed E-state index contributed by atoms with van der Waals surface area (Å²) in [4.78, 5) is 35.4. The second-order valence-corrected chi connectivity index (χ2v) is 8.04. The third-order valence-electron chi connectivity index (χ3n) is 5.79. The van der Waals surface area contributed by atoms with Crippen molar-refractivity contribution in [1.29, 1.82) is 0 Å². The fourth-order valence-electron chi connectivity index (χ4n) is 4.07. The van der Waals surface area contributed by atoms with Crippen molar-refractivity contribution in [2.45, 2.75) is 18.4 Å². The molecule has 1 unspecified atom stereocenters. The van der Waals surface area contributed by atoms with E-state index in [1.807, 2.05) is 48.5 Å². The highest BCUT2D eigenvalue weighted by Gasteiger charge is 2.29. The summed E-state index contributed by atoms with van der Waals surface area (Å²) in [6.07, 6.45) is -2.63. The highest BCUT2D eigenvalue weighted by atomic mass is 19.1. The predicted molar refractivity (Wildman–Crippen MR) is 126 cm³/mol. The Morgan fingerprint density at radius 2 is 1.60 bits per heavy atom. The van der Waals surface area contributed by atoms with Crippen molar-refractivity contribution in [3.8, 4) is 11.1 Å². The standard InChI is InChI=1S/C26H23FN2O6/c27-22-10-9-15(13-20(22)24(31)28-12-11-23(30)25(32)33)29-26(34)35-14-21-18-7-3-1-5-16(18)17-6-2-4-8-19(17)21/h1-10,13,21,23,30H,11-12,14H2,(H,28,31)(H,29,34)(H,32,33). The summed E-state index contributed by atoms with van der Waals surface area (Å²) in [5, 5.41) is 22.8. The first-order valence-electron chi connectivity index (χ1n) is 11.0. The maximum Gasteiger partial charge on any atom is 0.411 e. The Bertz CT molecular complexity index is 1230. The topological polar surface area (TPSA) is 125 Å². The van der Waals surface area contributed by atoms with Gasteiger partial charge in [-0.15, -0.1) is 0 Å². The molecule has 4 rings (SSSR count). The molecule has 3 aromatic carbocycles. The van der Waals surface area contributed by atoms with E-state index in [4.69, 9.17) is 9.84 Å². The largest absolute Gasteiger partial charge is 0.479 e. The number of aliphatic carboxylic acids is 1. The molecular weight excluding hydrogens is 455 g/mol. The molecule has 4 N–H and O–H groups in total. The first-order chi connectivity index (χ1) is 16.8. The van der Waals surface area contributed by atoms with Crippen molar-refractivity contribution in [3.63, 3.8) is 0 Å². The van der Waals surface area contributed by atoms with Gasteiger partial charge in [-0.2, -0.15) is 0 Å². The number of aliphatic hydroxyl groups is 1. The van der Waals surface area contributed by atoms with Crippen molar-refractivity contribution < 1.29 is 33.7 Å². The Hall–Kier alpha value is -4.24. The normalized spacial score (nSPS) is 12.9. The number of halogens is 1. The van der Waals surface area contributed by atoms with Gasteiger partial charge in [-0.25, -0.2) is 14.0 Å². The zero-order valence-electron chi connectivity index (χ0n) is 18.5. The highest BCUT2D eigenvalue weighted by Crippen LogP contribution is 2.44. The first kappa shape index (κ1) is 23.9. The van der Waals surface area contributed by atoms with Gasteiger partial charge >= 0.3 is 12.1 Å². The fraction of sp³-hybridized carbons (Fsp3) is 0.192. The molecule has 0 radical (unpaired) electrons. The smallest absolute Gasteiger partial charge is 0.411 e. The molecule has 1 aliphatic carbocycles. The lowest BCUT2D eigenvalue weighted by molar-refractivity contribution is -0.146. The minimum absolute atomic E-state index is 0.0975. The van der Waals surface area contributed by atoms with E-state index in [1.54, 1.807) is 0 Å². The lowest BCUT2D eigenvalue weighted by Gasteiger charge is -2.15. The number of rotatable bonds is 8. The summed E-state index contributed by atoms with van der Waals surface area (Å²) >= 11 is 0. The van der Waals surface area contributed by atoms with Crippen molar-refractivity contribution in [2.75, 3.05) is 18.5 Å². The molecule has 3 aromatic rings. The van der Waals surface area contributed by atoms with Crippen LogP contribution in [0.4, 0.5) is 14.9 Å². The summed E-state index contributed by atoms with van der Waals surface area (Å²) in [7, 11) is 0. The molecular formula is C26H23FN2O6. The Labute approximate surface area is 200 Å². The van der Waals surface area contributed by atoms with Gasteiger partial charge in [0.1, 0.15) is 12.4 Å². The van der Waals surface area contributed by atoms with E-state index >= 15 is 0 Å². The van der Waals surface area contributed by atoms with Gasteiger partial charge in [0.05, 0.1) is 5.56 Å². The minimum Gasteiger partial charge on any atom is -0.479 e. The number of amides is 2. The van der Waals surface area contributed by atoms with Crippen LogP contribution in [0.3, 0.4) is 0 Å². The van der Waals surface area contributed by atoms with Gasteiger partial charge in [0.15, 0.2) is 6.10 Å². The van der Waals surface area contributed by atoms with Gasteiger partial charge in [-0.1, -0.05) is 48.5 Å². The third-order valence-corrected chi connectivity index (χ3v) is 5.79. The van der Waals surface area contributed by atoms with Crippen LogP contribution >= 0.6 is 0 Å². The number of nitrogens with one attached hydrogen (secondary N) is 2. The molecule has 0 heterocycles. The SMILES string of the molecule is O=C(Nc1ccc(F)c(C(=O)NCCC(O)C(=O)O)c1)OCC1c2ccccc2-c2ccccc21. The van der Waals surface area contributed by atoms with Crippen LogP contribution in [0.2, 0.25) is 0 Å². The Morgan fingerprint density at radius 3 is 2.23 bits per heavy atom. The quantitative estimate of drug-likeness (QED) is 0.391. The molecule has 0 saturated carbocycles. The van der Waals surface area contributed by atoms with E-state index in [9.17, 15) is 23.9 Å². The summed E-state index contributed by atoms with van der Waals surface area (Å²) in [5.74, 6) is -3.17. The van der Waals surface area contributed by atoms with Crippen LogP contribution in [0.25, 0.3) is 11.1 Å². The molecule has 35 heavy (non-hydrogen) atoms. The molecule has 9 heteroatoms. The number of anilines is 1. The number of aliphatic hydroxyl groups excluding tert-OH is 1. The van der Waals surface area contributed by atoms with E-state index in [2.05, 4.69) is 10.6 Å². The van der Waals surface area contributed by atoms with Crippen LogP contribution in [-0.4, -0.2) is 47.4 Å². The monoisotopic (exact) mass is 478 g/mol. The van der Waals surface area contributed by atoms with E-state index in [1.165, 1.54) is 6.07 Å². The van der Waals surface area contributed by atoms with E-state index in [0.717, 1.165) is 34.4 Å².